The molecule has 1 fully saturated rings. The largest absolute Gasteiger partial charge is 0.381 e. The molecular formula is C13H22N2O2. The molecule has 96 valence electrons. The minimum Gasteiger partial charge on any atom is -0.381 e. The van der Waals surface area contributed by atoms with E-state index < -0.39 is 5.41 Å². The van der Waals surface area contributed by atoms with E-state index in [4.69, 9.17) is 10.00 Å². The van der Waals surface area contributed by atoms with Gasteiger partial charge < -0.3 is 9.64 Å². The van der Waals surface area contributed by atoms with E-state index in [1.54, 1.807) is 14.0 Å². The summed E-state index contributed by atoms with van der Waals surface area (Å²) in [5.74, 6) is -0.0375. The third kappa shape index (κ3) is 2.78. The summed E-state index contributed by atoms with van der Waals surface area (Å²) in [4.78, 5) is 14.2. The lowest BCUT2D eigenvalue weighted by atomic mass is 9.86. The third-order valence-corrected chi connectivity index (χ3v) is 3.85. The van der Waals surface area contributed by atoms with Gasteiger partial charge in [0.15, 0.2) is 0 Å². The summed E-state index contributed by atoms with van der Waals surface area (Å²) >= 11 is 0. The number of amides is 1. The average molecular weight is 238 g/mol. The van der Waals surface area contributed by atoms with Crippen LogP contribution < -0.4 is 0 Å². The van der Waals surface area contributed by atoms with Crippen LogP contribution in [-0.2, 0) is 9.53 Å². The second-order valence-corrected chi connectivity index (χ2v) is 5.03. The Morgan fingerprint density at radius 2 is 2.29 bits per heavy atom. The molecule has 3 unspecified atom stereocenters. The first-order valence-electron chi connectivity index (χ1n) is 6.23. The maximum absolute atomic E-state index is 12.4. The van der Waals surface area contributed by atoms with Crippen molar-refractivity contribution in [2.75, 3.05) is 13.7 Å². The Labute approximate surface area is 104 Å². The zero-order valence-corrected chi connectivity index (χ0v) is 11.2. The molecule has 0 N–H and O–H groups in total. The van der Waals surface area contributed by atoms with Crippen LogP contribution in [0.4, 0.5) is 0 Å². The third-order valence-electron chi connectivity index (χ3n) is 3.85. The maximum atomic E-state index is 12.4. The summed E-state index contributed by atoms with van der Waals surface area (Å²) in [5.41, 5.74) is -0.881. The zero-order valence-electron chi connectivity index (χ0n) is 11.2. The van der Waals surface area contributed by atoms with Crippen LogP contribution in [-0.4, -0.2) is 36.6 Å². The van der Waals surface area contributed by atoms with E-state index in [1.165, 1.54) is 0 Å². The van der Waals surface area contributed by atoms with Gasteiger partial charge >= 0.3 is 0 Å². The second kappa shape index (κ2) is 5.50. The summed E-state index contributed by atoms with van der Waals surface area (Å²) in [6.45, 7) is 6.32. The fraction of sp³-hybridized carbons (Fsp3) is 0.846. The van der Waals surface area contributed by atoms with Crippen LogP contribution in [0.5, 0.6) is 0 Å². The molecule has 0 aliphatic carbocycles. The zero-order chi connectivity index (χ0) is 13.1. The van der Waals surface area contributed by atoms with Crippen molar-refractivity contribution in [1.29, 1.82) is 5.26 Å². The van der Waals surface area contributed by atoms with Crippen LogP contribution in [0.1, 0.15) is 40.0 Å². The summed E-state index contributed by atoms with van der Waals surface area (Å²) in [7, 11) is 1.71. The number of rotatable bonds is 3. The van der Waals surface area contributed by atoms with Crippen LogP contribution in [0.15, 0.2) is 0 Å². The van der Waals surface area contributed by atoms with Gasteiger partial charge in [-0.15, -0.1) is 0 Å². The summed E-state index contributed by atoms with van der Waals surface area (Å²) in [6.07, 6.45) is 2.51. The van der Waals surface area contributed by atoms with E-state index in [9.17, 15) is 4.79 Å². The van der Waals surface area contributed by atoms with Crippen molar-refractivity contribution in [1.82, 2.24) is 4.90 Å². The Morgan fingerprint density at radius 3 is 2.71 bits per heavy atom. The minimum absolute atomic E-state index is 0.0375. The molecule has 17 heavy (non-hydrogen) atoms. The molecule has 1 amide bonds. The normalized spacial score (nSPS) is 28.3. The lowest BCUT2D eigenvalue weighted by Crippen LogP contribution is -2.51. The van der Waals surface area contributed by atoms with Gasteiger partial charge in [0.05, 0.1) is 12.2 Å². The monoisotopic (exact) mass is 238 g/mol. The highest BCUT2D eigenvalue weighted by Gasteiger charge is 2.39. The van der Waals surface area contributed by atoms with E-state index in [2.05, 4.69) is 6.07 Å². The van der Waals surface area contributed by atoms with Crippen molar-refractivity contribution in [2.45, 2.75) is 52.2 Å². The van der Waals surface area contributed by atoms with Gasteiger partial charge in [-0.3, -0.25) is 4.79 Å². The van der Waals surface area contributed by atoms with E-state index in [0.717, 1.165) is 12.8 Å². The predicted molar refractivity (Wildman–Crippen MR) is 65.2 cm³/mol. The molecule has 0 bridgehead atoms. The number of methoxy groups -OCH3 is 1. The molecule has 0 radical (unpaired) electrons. The number of nitrogens with zero attached hydrogens (tertiary/aromatic N) is 2. The summed E-state index contributed by atoms with van der Waals surface area (Å²) < 4.78 is 5.32. The van der Waals surface area contributed by atoms with Crippen molar-refractivity contribution >= 4 is 5.91 Å². The number of carbonyl (C=O) groups is 1. The molecule has 0 spiro atoms. The van der Waals surface area contributed by atoms with Crippen molar-refractivity contribution in [3.63, 3.8) is 0 Å². The summed E-state index contributed by atoms with van der Waals surface area (Å²) in [5, 5.41) is 9.15. The van der Waals surface area contributed by atoms with Crippen LogP contribution in [0.25, 0.3) is 0 Å². The molecule has 1 aliphatic heterocycles. The van der Waals surface area contributed by atoms with Crippen LogP contribution in [0.3, 0.4) is 0 Å². The van der Waals surface area contributed by atoms with Crippen LogP contribution in [0, 0.1) is 16.7 Å². The minimum atomic E-state index is -0.881. The first kappa shape index (κ1) is 14.0. The standard InChI is InChI=1S/C13H22N2O2/c1-5-13(3,9-14)12(16)15-7-6-11(17-4)8-10(15)2/h10-11H,5-8H2,1-4H3. The van der Waals surface area contributed by atoms with E-state index in [0.29, 0.717) is 13.0 Å². The van der Waals surface area contributed by atoms with E-state index in [1.807, 2.05) is 18.7 Å². The molecule has 4 nitrogen and oxygen atoms in total. The van der Waals surface area contributed by atoms with Crippen molar-refractivity contribution < 1.29 is 9.53 Å². The second-order valence-electron chi connectivity index (χ2n) is 5.03. The van der Waals surface area contributed by atoms with Gasteiger partial charge in [0, 0.05) is 19.7 Å². The molecule has 1 heterocycles. The van der Waals surface area contributed by atoms with Gasteiger partial charge in [0.2, 0.25) is 5.91 Å². The molecule has 0 aromatic carbocycles. The Kier molecular flexibility index (Phi) is 4.53. The number of hydrogen-bond donors (Lipinski definition) is 0. The Hall–Kier alpha value is -1.08. The number of ether oxygens (including phenoxy) is 1. The molecule has 1 rings (SSSR count). The van der Waals surface area contributed by atoms with Gasteiger partial charge in [-0.05, 0) is 33.1 Å². The van der Waals surface area contributed by atoms with Gasteiger partial charge in [-0.2, -0.15) is 5.26 Å². The summed E-state index contributed by atoms with van der Waals surface area (Å²) in [6, 6.07) is 2.30. The molecule has 3 atom stereocenters. The number of hydrogen-bond acceptors (Lipinski definition) is 3. The van der Waals surface area contributed by atoms with Gasteiger partial charge in [0.25, 0.3) is 0 Å². The number of carbonyl (C=O) groups excluding carboxylic acids is 1. The molecule has 0 aromatic rings. The van der Waals surface area contributed by atoms with E-state index in [-0.39, 0.29) is 18.1 Å². The highest BCUT2D eigenvalue weighted by Crippen LogP contribution is 2.28. The first-order chi connectivity index (χ1) is 7.98. The molecule has 4 heteroatoms. The smallest absolute Gasteiger partial charge is 0.242 e. The maximum Gasteiger partial charge on any atom is 0.242 e. The lowest BCUT2D eigenvalue weighted by Gasteiger charge is -2.40. The van der Waals surface area contributed by atoms with Crippen LogP contribution >= 0.6 is 0 Å². The Balaban J connectivity index is 2.75. The number of likely N-dealkylation sites (tertiary alicyclic amines) is 1. The predicted octanol–water partition coefficient (Wildman–Crippen LogP) is 1.95. The van der Waals surface area contributed by atoms with Gasteiger partial charge in [0.1, 0.15) is 5.41 Å². The van der Waals surface area contributed by atoms with E-state index >= 15 is 0 Å². The van der Waals surface area contributed by atoms with Gasteiger partial charge in [-0.25, -0.2) is 0 Å². The van der Waals surface area contributed by atoms with Crippen LogP contribution in [0.2, 0.25) is 0 Å². The Bertz CT molecular complexity index is 324. The highest BCUT2D eigenvalue weighted by molar-refractivity contribution is 5.85. The fourth-order valence-electron chi connectivity index (χ4n) is 2.24. The van der Waals surface area contributed by atoms with Gasteiger partial charge in [-0.1, -0.05) is 6.92 Å². The topological polar surface area (TPSA) is 53.3 Å². The molecule has 0 saturated carbocycles. The van der Waals surface area contributed by atoms with Crippen molar-refractivity contribution in [3.8, 4) is 6.07 Å². The SMILES string of the molecule is CCC(C)(C#N)C(=O)N1CCC(OC)CC1C. The lowest BCUT2D eigenvalue weighted by molar-refractivity contribution is -0.143. The molecule has 1 aliphatic rings. The Morgan fingerprint density at radius 1 is 1.65 bits per heavy atom. The molecule has 1 saturated heterocycles. The fourth-order valence-corrected chi connectivity index (χ4v) is 2.24. The number of piperidine rings is 1. The molecular weight excluding hydrogens is 216 g/mol. The quantitative estimate of drug-likeness (QED) is 0.755. The van der Waals surface area contributed by atoms with Crippen molar-refractivity contribution in [2.24, 2.45) is 5.41 Å². The first-order valence-corrected chi connectivity index (χ1v) is 6.23. The van der Waals surface area contributed by atoms with Crippen molar-refractivity contribution in [3.05, 3.63) is 0 Å². The number of nitriles is 1. The average Bonchev–Trinajstić information content (AvgIpc) is 2.36. The molecule has 0 aromatic heterocycles. The highest BCUT2D eigenvalue weighted by atomic mass is 16.5.